The fraction of sp³-hybridized carbons (Fsp3) is 0.273. The summed E-state index contributed by atoms with van der Waals surface area (Å²) in [6.07, 6.45) is 3.33. The SMILES string of the molecule is O=C(Nc1nc2c(s1)CCC2)c1cc(S)cs1. The van der Waals surface area contributed by atoms with Gasteiger partial charge in [-0.2, -0.15) is 0 Å². The highest BCUT2D eigenvalue weighted by atomic mass is 32.1. The molecule has 0 saturated heterocycles. The lowest BCUT2D eigenvalue weighted by Crippen LogP contribution is -2.09. The highest BCUT2D eigenvalue weighted by Crippen LogP contribution is 2.30. The molecule has 1 aliphatic rings. The van der Waals surface area contributed by atoms with Gasteiger partial charge in [0.15, 0.2) is 5.13 Å². The smallest absolute Gasteiger partial charge is 0.267 e. The maximum Gasteiger partial charge on any atom is 0.267 e. The summed E-state index contributed by atoms with van der Waals surface area (Å²) in [6.45, 7) is 0. The molecule has 0 bridgehead atoms. The van der Waals surface area contributed by atoms with E-state index in [0.29, 0.717) is 10.0 Å². The van der Waals surface area contributed by atoms with Crippen LogP contribution in [0.25, 0.3) is 0 Å². The van der Waals surface area contributed by atoms with Gasteiger partial charge in [-0.3, -0.25) is 10.1 Å². The lowest BCUT2D eigenvalue weighted by Gasteiger charge is -1.98. The van der Waals surface area contributed by atoms with Gasteiger partial charge in [-0.05, 0) is 25.3 Å². The summed E-state index contributed by atoms with van der Waals surface area (Å²) in [5, 5.41) is 5.41. The molecule has 0 fully saturated rings. The average Bonchev–Trinajstić information content (AvgIpc) is 2.92. The van der Waals surface area contributed by atoms with Crippen molar-refractivity contribution >= 4 is 46.3 Å². The van der Waals surface area contributed by atoms with Crippen LogP contribution >= 0.6 is 35.3 Å². The van der Waals surface area contributed by atoms with Crippen LogP contribution < -0.4 is 5.32 Å². The standard InChI is InChI=1S/C11H10N2OS3/c14-10(9-4-6(15)5-16-9)13-11-12-7-2-1-3-8(7)17-11/h4-5,15H,1-3H2,(H,12,13,14). The summed E-state index contributed by atoms with van der Waals surface area (Å²) in [6, 6.07) is 1.77. The number of fused-ring (bicyclic) bond motifs is 1. The van der Waals surface area contributed by atoms with Crippen LogP contribution in [0.1, 0.15) is 26.7 Å². The molecule has 2 heterocycles. The number of nitrogens with one attached hydrogen (secondary N) is 1. The fourth-order valence-corrected chi connectivity index (χ4v) is 3.94. The van der Waals surface area contributed by atoms with Crippen LogP contribution in [0.3, 0.4) is 0 Å². The Kier molecular flexibility index (Phi) is 2.94. The maximum atomic E-state index is 11.9. The van der Waals surface area contributed by atoms with Crippen molar-refractivity contribution in [3.8, 4) is 0 Å². The summed E-state index contributed by atoms with van der Waals surface area (Å²) in [5.74, 6) is -0.0947. The van der Waals surface area contributed by atoms with Crippen molar-refractivity contribution in [3.63, 3.8) is 0 Å². The molecule has 3 rings (SSSR count). The van der Waals surface area contributed by atoms with E-state index >= 15 is 0 Å². The number of thiophene rings is 1. The van der Waals surface area contributed by atoms with E-state index in [1.54, 1.807) is 17.4 Å². The minimum Gasteiger partial charge on any atom is -0.297 e. The van der Waals surface area contributed by atoms with Gasteiger partial charge < -0.3 is 0 Å². The van der Waals surface area contributed by atoms with E-state index in [0.717, 1.165) is 23.4 Å². The van der Waals surface area contributed by atoms with E-state index in [1.807, 2.05) is 5.38 Å². The highest BCUT2D eigenvalue weighted by Gasteiger charge is 2.18. The number of carbonyl (C=O) groups is 1. The third-order valence-corrected chi connectivity index (χ3v) is 5.06. The maximum absolute atomic E-state index is 11.9. The Hall–Kier alpha value is -0.850. The number of hydrogen-bond acceptors (Lipinski definition) is 5. The quantitative estimate of drug-likeness (QED) is 0.830. The minimum atomic E-state index is -0.0947. The van der Waals surface area contributed by atoms with Crippen molar-refractivity contribution in [2.24, 2.45) is 0 Å². The Morgan fingerprint density at radius 2 is 2.35 bits per heavy atom. The zero-order valence-corrected chi connectivity index (χ0v) is 11.4. The third-order valence-electron chi connectivity index (χ3n) is 2.63. The molecule has 1 N–H and O–H groups in total. The molecule has 0 aliphatic heterocycles. The topological polar surface area (TPSA) is 42.0 Å². The van der Waals surface area contributed by atoms with Gasteiger partial charge in [-0.15, -0.1) is 35.3 Å². The van der Waals surface area contributed by atoms with Gasteiger partial charge in [0, 0.05) is 15.2 Å². The van der Waals surface area contributed by atoms with Crippen molar-refractivity contribution in [1.82, 2.24) is 4.98 Å². The molecule has 6 heteroatoms. The summed E-state index contributed by atoms with van der Waals surface area (Å²) < 4.78 is 0. The molecule has 88 valence electrons. The predicted octanol–water partition coefficient (Wildman–Crippen LogP) is 3.23. The first kappa shape index (κ1) is 11.3. The van der Waals surface area contributed by atoms with Crippen molar-refractivity contribution in [3.05, 3.63) is 26.9 Å². The largest absolute Gasteiger partial charge is 0.297 e. The number of aryl methyl sites for hydroxylation is 2. The van der Waals surface area contributed by atoms with Crippen LogP contribution in [0.4, 0.5) is 5.13 Å². The van der Waals surface area contributed by atoms with E-state index in [1.165, 1.54) is 22.6 Å². The molecule has 17 heavy (non-hydrogen) atoms. The monoisotopic (exact) mass is 282 g/mol. The first-order valence-electron chi connectivity index (χ1n) is 5.30. The molecule has 0 unspecified atom stereocenters. The summed E-state index contributed by atoms with van der Waals surface area (Å²) in [5.41, 5.74) is 1.16. The third kappa shape index (κ3) is 2.25. The number of anilines is 1. The Morgan fingerprint density at radius 1 is 1.47 bits per heavy atom. The lowest BCUT2D eigenvalue weighted by atomic mass is 10.4. The summed E-state index contributed by atoms with van der Waals surface area (Å²) in [4.78, 5) is 19.1. The van der Waals surface area contributed by atoms with Gasteiger partial charge in [0.25, 0.3) is 5.91 Å². The van der Waals surface area contributed by atoms with Crippen LogP contribution in [0.5, 0.6) is 0 Å². The first-order chi connectivity index (χ1) is 8.22. The van der Waals surface area contributed by atoms with Crippen LogP contribution in [-0.2, 0) is 12.8 Å². The van der Waals surface area contributed by atoms with Gasteiger partial charge in [0.2, 0.25) is 0 Å². The molecule has 0 atom stereocenters. The number of thiazole rings is 1. The van der Waals surface area contributed by atoms with Crippen molar-refractivity contribution in [2.75, 3.05) is 5.32 Å². The van der Waals surface area contributed by atoms with Crippen LogP contribution in [0, 0.1) is 0 Å². The molecule has 2 aromatic rings. The molecule has 2 aromatic heterocycles. The van der Waals surface area contributed by atoms with Gasteiger partial charge >= 0.3 is 0 Å². The Labute approximate surface area is 112 Å². The average molecular weight is 282 g/mol. The molecule has 0 aromatic carbocycles. The van der Waals surface area contributed by atoms with Crippen molar-refractivity contribution in [2.45, 2.75) is 24.2 Å². The Morgan fingerprint density at radius 3 is 3.06 bits per heavy atom. The van der Waals surface area contributed by atoms with E-state index in [4.69, 9.17) is 0 Å². The van der Waals surface area contributed by atoms with E-state index in [2.05, 4.69) is 22.9 Å². The zero-order chi connectivity index (χ0) is 11.8. The molecule has 0 spiro atoms. The number of thiol groups is 1. The molecule has 3 nitrogen and oxygen atoms in total. The zero-order valence-electron chi connectivity index (χ0n) is 8.90. The summed E-state index contributed by atoms with van der Waals surface area (Å²) in [7, 11) is 0. The van der Waals surface area contributed by atoms with Crippen molar-refractivity contribution in [1.29, 1.82) is 0 Å². The van der Waals surface area contributed by atoms with E-state index in [-0.39, 0.29) is 5.91 Å². The van der Waals surface area contributed by atoms with Gasteiger partial charge in [0.05, 0.1) is 10.6 Å². The number of rotatable bonds is 2. The number of carbonyl (C=O) groups excluding carboxylic acids is 1. The number of hydrogen-bond donors (Lipinski definition) is 2. The van der Waals surface area contributed by atoms with Crippen LogP contribution in [0.2, 0.25) is 0 Å². The second-order valence-corrected chi connectivity index (χ2v) is 6.38. The van der Waals surface area contributed by atoms with Gasteiger partial charge in [-0.25, -0.2) is 4.98 Å². The molecule has 1 amide bonds. The fourth-order valence-electron chi connectivity index (χ4n) is 1.85. The van der Waals surface area contributed by atoms with Crippen LogP contribution in [0.15, 0.2) is 16.3 Å². The molecule has 1 aliphatic carbocycles. The number of aromatic nitrogens is 1. The lowest BCUT2D eigenvalue weighted by molar-refractivity contribution is 0.103. The normalized spacial score (nSPS) is 13.7. The summed E-state index contributed by atoms with van der Waals surface area (Å²) >= 11 is 7.18. The molecule has 0 saturated carbocycles. The molecule has 0 radical (unpaired) electrons. The first-order valence-corrected chi connectivity index (χ1v) is 7.44. The van der Waals surface area contributed by atoms with Crippen molar-refractivity contribution < 1.29 is 4.79 Å². The Bertz CT molecular complexity index is 552. The van der Waals surface area contributed by atoms with E-state index < -0.39 is 0 Å². The number of nitrogens with zero attached hydrogens (tertiary/aromatic N) is 1. The highest BCUT2D eigenvalue weighted by molar-refractivity contribution is 7.80. The molecular weight excluding hydrogens is 272 g/mol. The van der Waals surface area contributed by atoms with Crippen LogP contribution in [-0.4, -0.2) is 10.9 Å². The molecular formula is C11H10N2OS3. The minimum absolute atomic E-state index is 0.0947. The van der Waals surface area contributed by atoms with E-state index in [9.17, 15) is 4.79 Å². The van der Waals surface area contributed by atoms with Gasteiger partial charge in [-0.1, -0.05) is 0 Å². The Balaban J connectivity index is 1.76. The number of amides is 1. The second kappa shape index (κ2) is 4.44. The predicted molar refractivity (Wildman–Crippen MR) is 73.7 cm³/mol. The van der Waals surface area contributed by atoms with Gasteiger partial charge in [0.1, 0.15) is 0 Å². The second-order valence-electron chi connectivity index (χ2n) is 3.87.